The SMILES string of the molecule is Cl.O=C(Nc1ccc(C(=O)N2CCCC2c2ccccc2)cc1)C1CC(O)CN1. The third kappa shape index (κ3) is 4.78. The van der Waals surface area contributed by atoms with E-state index in [2.05, 4.69) is 22.8 Å². The topological polar surface area (TPSA) is 81.7 Å². The molecule has 29 heavy (non-hydrogen) atoms. The third-order valence-electron chi connectivity index (χ3n) is 5.52. The molecular weight excluding hydrogens is 390 g/mol. The fourth-order valence-corrected chi connectivity index (χ4v) is 4.04. The average Bonchev–Trinajstić information content (AvgIpc) is 3.38. The molecule has 3 N–H and O–H groups in total. The number of nitrogens with zero attached hydrogens (tertiary/aromatic N) is 1. The minimum absolute atomic E-state index is 0. The lowest BCUT2D eigenvalue weighted by Crippen LogP contribution is -2.35. The zero-order valence-corrected chi connectivity index (χ0v) is 16.9. The zero-order valence-electron chi connectivity index (χ0n) is 16.1. The number of halogens is 1. The van der Waals surface area contributed by atoms with Crippen molar-refractivity contribution in [2.24, 2.45) is 0 Å². The molecule has 2 aromatic rings. The van der Waals surface area contributed by atoms with Gasteiger partial charge in [0.1, 0.15) is 0 Å². The van der Waals surface area contributed by atoms with E-state index in [0.29, 0.717) is 24.2 Å². The van der Waals surface area contributed by atoms with Gasteiger partial charge in [-0.05, 0) is 49.1 Å². The monoisotopic (exact) mass is 415 g/mol. The van der Waals surface area contributed by atoms with Gasteiger partial charge >= 0.3 is 0 Å². The zero-order chi connectivity index (χ0) is 19.5. The number of aliphatic hydroxyl groups excluding tert-OH is 1. The number of rotatable bonds is 4. The fraction of sp³-hybridized carbons (Fsp3) is 0.364. The molecule has 2 aliphatic rings. The Morgan fingerprint density at radius 1 is 1.07 bits per heavy atom. The number of carbonyl (C=O) groups is 2. The van der Waals surface area contributed by atoms with Crippen LogP contribution in [-0.4, -0.2) is 47.1 Å². The molecule has 6 nitrogen and oxygen atoms in total. The molecule has 0 spiro atoms. The summed E-state index contributed by atoms with van der Waals surface area (Å²) < 4.78 is 0. The Labute approximate surface area is 176 Å². The van der Waals surface area contributed by atoms with Crippen LogP contribution in [0.25, 0.3) is 0 Å². The van der Waals surface area contributed by atoms with Crippen molar-refractivity contribution >= 4 is 29.9 Å². The summed E-state index contributed by atoms with van der Waals surface area (Å²) >= 11 is 0. The molecule has 2 fully saturated rings. The number of carbonyl (C=O) groups excluding carboxylic acids is 2. The number of hydrogen-bond acceptors (Lipinski definition) is 4. The van der Waals surface area contributed by atoms with Crippen molar-refractivity contribution < 1.29 is 14.7 Å². The Morgan fingerprint density at radius 2 is 1.79 bits per heavy atom. The molecule has 0 radical (unpaired) electrons. The number of β-amino-alcohol motifs (C(OH)–C–C–N with tert-alkyl or cyclic N) is 1. The number of anilines is 1. The first-order valence-corrected chi connectivity index (χ1v) is 9.80. The highest BCUT2D eigenvalue weighted by molar-refractivity contribution is 5.97. The van der Waals surface area contributed by atoms with Crippen LogP contribution in [0, 0.1) is 0 Å². The lowest BCUT2D eigenvalue weighted by molar-refractivity contribution is -0.117. The first kappa shape index (κ1) is 21.3. The van der Waals surface area contributed by atoms with E-state index in [1.165, 1.54) is 5.56 Å². The van der Waals surface area contributed by atoms with Crippen LogP contribution in [0.15, 0.2) is 54.6 Å². The number of hydrogen-bond donors (Lipinski definition) is 3. The smallest absolute Gasteiger partial charge is 0.254 e. The van der Waals surface area contributed by atoms with Crippen LogP contribution < -0.4 is 10.6 Å². The quantitative estimate of drug-likeness (QED) is 0.717. The van der Waals surface area contributed by atoms with Crippen LogP contribution in [0.4, 0.5) is 5.69 Å². The molecule has 3 unspecified atom stereocenters. The van der Waals surface area contributed by atoms with E-state index in [1.54, 1.807) is 24.3 Å². The van der Waals surface area contributed by atoms with Crippen molar-refractivity contribution in [2.45, 2.75) is 37.5 Å². The molecule has 2 aromatic carbocycles. The lowest BCUT2D eigenvalue weighted by atomic mass is 10.0. The van der Waals surface area contributed by atoms with Gasteiger partial charge in [0.25, 0.3) is 5.91 Å². The maximum atomic E-state index is 13.0. The number of aliphatic hydroxyl groups is 1. The van der Waals surface area contributed by atoms with Gasteiger partial charge in [0.05, 0.1) is 18.2 Å². The minimum atomic E-state index is -0.478. The normalized spacial score (nSPS) is 23.5. The molecule has 4 rings (SSSR count). The minimum Gasteiger partial charge on any atom is -0.392 e. The summed E-state index contributed by atoms with van der Waals surface area (Å²) in [6, 6.07) is 16.9. The maximum Gasteiger partial charge on any atom is 0.254 e. The highest BCUT2D eigenvalue weighted by Crippen LogP contribution is 2.33. The van der Waals surface area contributed by atoms with Crippen molar-refractivity contribution in [1.82, 2.24) is 10.2 Å². The standard InChI is InChI=1S/C22H25N3O3.ClH/c26-18-13-19(23-14-18)21(27)24-17-10-8-16(9-11-17)22(28)25-12-4-7-20(25)15-5-2-1-3-6-15;/h1-3,5-6,8-11,18-20,23,26H,4,7,12-14H2,(H,24,27);1H. The van der Waals surface area contributed by atoms with E-state index in [4.69, 9.17) is 0 Å². The summed E-state index contributed by atoms with van der Waals surface area (Å²) in [6.07, 6.45) is 1.91. The van der Waals surface area contributed by atoms with Crippen LogP contribution in [0.1, 0.15) is 41.2 Å². The molecule has 3 atom stereocenters. The molecular formula is C22H26ClN3O3. The van der Waals surface area contributed by atoms with E-state index >= 15 is 0 Å². The van der Waals surface area contributed by atoms with Gasteiger partial charge in [-0.1, -0.05) is 30.3 Å². The summed E-state index contributed by atoms with van der Waals surface area (Å²) in [4.78, 5) is 27.2. The van der Waals surface area contributed by atoms with Gasteiger partial charge in [0.15, 0.2) is 0 Å². The first-order valence-electron chi connectivity index (χ1n) is 9.80. The Balaban J connectivity index is 0.00000240. The van der Waals surface area contributed by atoms with Gasteiger partial charge in [0, 0.05) is 24.3 Å². The van der Waals surface area contributed by atoms with Crippen molar-refractivity contribution in [3.05, 3.63) is 65.7 Å². The number of likely N-dealkylation sites (tertiary alicyclic amines) is 1. The van der Waals surface area contributed by atoms with Gasteiger partial charge in [0.2, 0.25) is 5.91 Å². The summed E-state index contributed by atoms with van der Waals surface area (Å²) in [5.74, 6) is -0.149. The Bertz CT molecular complexity index is 844. The summed E-state index contributed by atoms with van der Waals surface area (Å²) in [6.45, 7) is 1.19. The highest BCUT2D eigenvalue weighted by Gasteiger charge is 2.31. The average molecular weight is 416 g/mol. The number of amides is 2. The molecule has 0 aliphatic carbocycles. The van der Waals surface area contributed by atoms with E-state index in [9.17, 15) is 14.7 Å². The van der Waals surface area contributed by atoms with Gasteiger partial charge < -0.3 is 20.6 Å². The molecule has 2 heterocycles. The molecule has 7 heteroatoms. The van der Waals surface area contributed by atoms with Crippen LogP contribution in [0.3, 0.4) is 0 Å². The molecule has 0 saturated carbocycles. The van der Waals surface area contributed by atoms with E-state index in [0.717, 1.165) is 19.4 Å². The van der Waals surface area contributed by atoms with Crippen LogP contribution >= 0.6 is 12.4 Å². The van der Waals surface area contributed by atoms with E-state index in [-0.39, 0.29) is 36.3 Å². The van der Waals surface area contributed by atoms with Crippen molar-refractivity contribution in [1.29, 1.82) is 0 Å². The van der Waals surface area contributed by atoms with Gasteiger partial charge in [-0.15, -0.1) is 12.4 Å². The summed E-state index contributed by atoms with van der Waals surface area (Å²) in [5.41, 5.74) is 2.43. The number of benzene rings is 2. The Kier molecular flexibility index (Phi) is 6.90. The predicted molar refractivity (Wildman–Crippen MR) is 114 cm³/mol. The molecule has 2 amide bonds. The first-order chi connectivity index (χ1) is 13.6. The van der Waals surface area contributed by atoms with Gasteiger partial charge in [-0.25, -0.2) is 0 Å². The van der Waals surface area contributed by atoms with Crippen LogP contribution in [-0.2, 0) is 4.79 Å². The lowest BCUT2D eigenvalue weighted by Gasteiger charge is -2.25. The predicted octanol–water partition coefficient (Wildman–Crippen LogP) is 2.75. The highest BCUT2D eigenvalue weighted by atomic mass is 35.5. The Hall–Kier alpha value is -2.41. The van der Waals surface area contributed by atoms with Gasteiger partial charge in [-0.3, -0.25) is 9.59 Å². The maximum absolute atomic E-state index is 13.0. The second-order valence-corrected chi connectivity index (χ2v) is 7.48. The summed E-state index contributed by atoms with van der Waals surface area (Å²) in [5, 5.41) is 15.4. The molecule has 154 valence electrons. The number of nitrogens with one attached hydrogen (secondary N) is 2. The molecule has 2 aliphatic heterocycles. The van der Waals surface area contributed by atoms with Gasteiger partial charge in [-0.2, -0.15) is 0 Å². The van der Waals surface area contributed by atoms with E-state index < -0.39 is 6.10 Å². The second kappa shape index (κ2) is 9.39. The molecule has 0 bridgehead atoms. The van der Waals surface area contributed by atoms with Crippen LogP contribution in [0.2, 0.25) is 0 Å². The summed E-state index contributed by atoms with van der Waals surface area (Å²) in [7, 11) is 0. The van der Waals surface area contributed by atoms with Crippen molar-refractivity contribution in [3.8, 4) is 0 Å². The third-order valence-corrected chi connectivity index (χ3v) is 5.52. The fourth-order valence-electron chi connectivity index (χ4n) is 4.04. The van der Waals surface area contributed by atoms with Crippen LogP contribution in [0.5, 0.6) is 0 Å². The second-order valence-electron chi connectivity index (χ2n) is 7.48. The Morgan fingerprint density at radius 3 is 2.45 bits per heavy atom. The van der Waals surface area contributed by atoms with Crippen molar-refractivity contribution in [2.75, 3.05) is 18.4 Å². The van der Waals surface area contributed by atoms with E-state index in [1.807, 2.05) is 23.1 Å². The molecule has 2 saturated heterocycles. The van der Waals surface area contributed by atoms with Crippen molar-refractivity contribution in [3.63, 3.8) is 0 Å². The largest absolute Gasteiger partial charge is 0.392 e. The molecule has 0 aromatic heterocycles.